The molecule has 2 saturated heterocycles. The lowest BCUT2D eigenvalue weighted by Crippen LogP contribution is -2.46. The molecule has 16 heavy (non-hydrogen) atoms. The minimum absolute atomic E-state index is 0.0259. The van der Waals surface area contributed by atoms with Crippen molar-refractivity contribution in [2.24, 2.45) is 11.7 Å². The summed E-state index contributed by atoms with van der Waals surface area (Å²) in [7, 11) is 0. The number of likely N-dealkylation sites (tertiary alicyclic amines) is 1. The van der Waals surface area contributed by atoms with E-state index in [9.17, 15) is 4.79 Å². The van der Waals surface area contributed by atoms with Gasteiger partial charge in [0.25, 0.3) is 0 Å². The third-order valence-corrected chi connectivity index (χ3v) is 3.97. The van der Waals surface area contributed by atoms with Crippen LogP contribution in [0.15, 0.2) is 0 Å². The van der Waals surface area contributed by atoms with Gasteiger partial charge in [0.05, 0.1) is 0 Å². The van der Waals surface area contributed by atoms with Crippen molar-refractivity contribution in [2.75, 3.05) is 19.6 Å². The van der Waals surface area contributed by atoms with E-state index in [4.69, 9.17) is 5.73 Å². The fraction of sp³-hybridized carbons (Fsp3) is 0.917. The number of rotatable bonds is 4. The normalized spacial score (nSPS) is 33.1. The highest BCUT2D eigenvalue weighted by Gasteiger charge is 2.34. The summed E-state index contributed by atoms with van der Waals surface area (Å²) in [5, 5.41) is 3.57. The molecule has 0 spiro atoms. The molecular weight excluding hydrogens is 202 g/mol. The Labute approximate surface area is 97.6 Å². The van der Waals surface area contributed by atoms with Crippen LogP contribution in [0.2, 0.25) is 0 Å². The Hall–Kier alpha value is -0.610. The zero-order valence-corrected chi connectivity index (χ0v) is 10.1. The molecule has 0 aromatic rings. The maximum Gasteiger partial charge on any atom is 0.221 e. The molecular formula is C12H23N3O. The van der Waals surface area contributed by atoms with E-state index in [1.807, 2.05) is 6.92 Å². The SMILES string of the molecule is CC(CN1CCCC1C1CCCN1)C(N)=O. The molecule has 3 unspecified atom stereocenters. The summed E-state index contributed by atoms with van der Waals surface area (Å²) < 4.78 is 0. The van der Waals surface area contributed by atoms with Gasteiger partial charge in [0.1, 0.15) is 0 Å². The molecule has 0 bridgehead atoms. The van der Waals surface area contributed by atoms with Gasteiger partial charge in [-0.05, 0) is 38.8 Å². The molecule has 2 rings (SSSR count). The molecule has 0 aromatic heterocycles. The number of amides is 1. The summed E-state index contributed by atoms with van der Waals surface area (Å²) in [4.78, 5) is 13.6. The highest BCUT2D eigenvalue weighted by Crippen LogP contribution is 2.25. The molecule has 92 valence electrons. The first kappa shape index (κ1) is 11.9. The van der Waals surface area contributed by atoms with Gasteiger partial charge in [-0.15, -0.1) is 0 Å². The Morgan fingerprint density at radius 1 is 1.50 bits per heavy atom. The van der Waals surface area contributed by atoms with Crippen molar-refractivity contribution < 1.29 is 4.79 Å². The van der Waals surface area contributed by atoms with E-state index < -0.39 is 0 Å². The molecule has 4 nitrogen and oxygen atoms in total. The van der Waals surface area contributed by atoms with E-state index in [0.29, 0.717) is 12.1 Å². The smallest absolute Gasteiger partial charge is 0.221 e. The number of carbonyl (C=O) groups excluding carboxylic acids is 1. The number of hydrogen-bond acceptors (Lipinski definition) is 3. The molecule has 2 aliphatic heterocycles. The molecule has 1 amide bonds. The van der Waals surface area contributed by atoms with Gasteiger partial charge in [0, 0.05) is 24.5 Å². The first-order valence-corrected chi connectivity index (χ1v) is 6.45. The maximum absolute atomic E-state index is 11.1. The zero-order valence-electron chi connectivity index (χ0n) is 10.1. The molecule has 3 atom stereocenters. The third kappa shape index (κ3) is 2.55. The number of hydrogen-bond donors (Lipinski definition) is 2. The lowest BCUT2D eigenvalue weighted by atomic mass is 10.0. The molecule has 3 N–H and O–H groups in total. The zero-order chi connectivity index (χ0) is 11.5. The first-order chi connectivity index (χ1) is 7.68. The number of nitrogens with two attached hydrogens (primary N) is 1. The van der Waals surface area contributed by atoms with Gasteiger partial charge in [-0.25, -0.2) is 0 Å². The lowest BCUT2D eigenvalue weighted by Gasteiger charge is -2.30. The van der Waals surface area contributed by atoms with Crippen molar-refractivity contribution in [3.63, 3.8) is 0 Å². The highest BCUT2D eigenvalue weighted by atomic mass is 16.1. The van der Waals surface area contributed by atoms with Crippen LogP contribution in [-0.4, -0.2) is 42.5 Å². The highest BCUT2D eigenvalue weighted by molar-refractivity contribution is 5.76. The first-order valence-electron chi connectivity index (χ1n) is 6.45. The largest absolute Gasteiger partial charge is 0.369 e. The fourth-order valence-corrected chi connectivity index (χ4v) is 3.02. The fourth-order valence-electron chi connectivity index (χ4n) is 3.02. The molecule has 0 aliphatic carbocycles. The second kappa shape index (κ2) is 5.15. The van der Waals surface area contributed by atoms with Crippen molar-refractivity contribution in [1.82, 2.24) is 10.2 Å². The molecule has 0 radical (unpaired) electrons. The van der Waals surface area contributed by atoms with Crippen molar-refractivity contribution in [2.45, 2.75) is 44.7 Å². The summed E-state index contributed by atoms with van der Waals surface area (Å²) in [5.74, 6) is -0.202. The van der Waals surface area contributed by atoms with Gasteiger partial charge in [0.15, 0.2) is 0 Å². The van der Waals surface area contributed by atoms with E-state index in [-0.39, 0.29) is 11.8 Å². The second-order valence-corrected chi connectivity index (χ2v) is 5.21. The van der Waals surface area contributed by atoms with Crippen LogP contribution in [0.3, 0.4) is 0 Å². The van der Waals surface area contributed by atoms with E-state index in [1.165, 1.54) is 25.7 Å². The number of primary amides is 1. The number of nitrogens with zero attached hydrogens (tertiary/aromatic N) is 1. The molecule has 4 heteroatoms. The average Bonchev–Trinajstić information content (AvgIpc) is 2.85. The van der Waals surface area contributed by atoms with Crippen LogP contribution in [-0.2, 0) is 4.79 Å². The topological polar surface area (TPSA) is 58.4 Å². The number of nitrogens with one attached hydrogen (secondary N) is 1. The van der Waals surface area contributed by atoms with Crippen molar-refractivity contribution >= 4 is 5.91 Å². The average molecular weight is 225 g/mol. The predicted octanol–water partition coefficient (Wildman–Crippen LogP) is 0.324. The Morgan fingerprint density at radius 2 is 2.31 bits per heavy atom. The van der Waals surface area contributed by atoms with Crippen LogP contribution in [0.25, 0.3) is 0 Å². The van der Waals surface area contributed by atoms with Crippen LogP contribution in [0, 0.1) is 5.92 Å². The summed E-state index contributed by atoms with van der Waals surface area (Å²) in [6, 6.07) is 1.27. The third-order valence-electron chi connectivity index (χ3n) is 3.97. The van der Waals surface area contributed by atoms with Crippen LogP contribution in [0.4, 0.5) is 0 Å². The Morgan fingerprint density at radius 3 is 2.94 bits per heavy atom. The molecule has 2 fully saturated rings. The number of carbonyl (C=O) groups is 1. The van der Waals surface area contributed by atoms with E-state index in [0.717, 1.165) is 19.6 Å². The summed E-state index contributed by atoms with van der Waals surface area (Å²) in [6.07, 6.45) is 5.10. The Balaban J connectivity index is 1.89. The van der Waals surface area contributed by atoms with Gasteiger partial charge in [-0.2, -0.15) is 0 Å². The van der Waals surface area contributed by atoms with Gasteiger partial charge in [0.2, 0.25) is 5.91 Å². The predicted molar refractivity (Wildman–Crippen MR) is 64.0 cm³/mol. The standard InChI is InChI=1S/C12H23N3O/c1-9(12(13)16)8-15-7-3-5-11(15)10-4-2-6-14-10/h9-11,14H,2-8H2,1H3,(H2,13,16). The summed E-state index contributed by atoms with van der Waals surface area (Å²) in [5.41, 5.74) is 5.33. The quantitative estimate of drug-likeness (QED) is 0.724. The van der Waals surface area contributed by atoms with E-state index in [1.54, 1.807) is 0 Å². The summed E-state index contributed by atoms with van der Waals surface area (Å²) >= 11 is 0. The lowest BCUT2D eigenvalue weighted by molar-refractivity contribution is -0.121. The van der Waals surface area contributed by atoms with Gasteiger partial charge in [-0.1, -0.05) is 6.92 Å². The summed E-state index contributed by atoms with van der Waals surface area (Å²) in [6.45, 7) is 5.04. The maximum atomic E-state index is 11.1. The van der Waals surface area contributed by atoms with Gasteiger partial charge in [-0.3, -0.25) is 9.69 Å². The Bertz CT molecular complexity index is 251. The van der Waals surface area contributed by atoms with Gasteiger partial charge >= 0.3 is 0 Å². The van der Waals surface area contributed by atoms with Crippen LogP contribution >= 0.6 is 0 Å². The van der Waals surface area contributed by atoms with E-state index in [2.05, 4.69) is 10.2 Å². The molecule has 2 heterocycles. The van der Waals surface area contributed by atoms with Crippen LogP contribution in [0.1, 0.15) is 32.6 Å². The monoisotopic (exact) mass is 225 g/mol. The van der Waals surface area contributed by atoms with E-state index >= 15 is 0 Å². The van der Waals surface area contributed by atoms with Crippen molar-refractivity contribution in [3.8, 4) is 0 Å². The minimum Gasteiger partial charge on any atom is -0.369 e. The van der Waals surface area contributed by atoms with Crippen LogP contribution < -0.4 is 11.1 Å². The molecule has 0 aromatic carbocycles. The minimum atomic E-state index is -0.176. The molecule has 2 aliphatic rings. The van der Waals surface area contributed by atoms with Gasteiger partial charge < -0.3 is 11.1 Å². The molecule has 0 saturated carbocycles. The van der Waals surface area contributed by atoms with Crippen molar-refractivity contribution in [1.29, 1.82) is 0 Å². The van der Waals surface area contributed by atoms with Crippen LogP contribution in [0.5, 0.6) is 0 Å². The van der Waals surface area contributed by atoms with Crippen molar-refractivity contribution in [3.05, 3.63) is 0 Å². The Kier molecular flexibility index (Phi) is 3.82. The second-order valence-electron chi connectivity index (χ2n) is 5.21.